The molecular formula is C26H28ClF3N4O3S. The first-order chi connectivity index (χ1) is 17.9. The van der Waals surface area contributed by atoms with Crippen molar-refractivity contribution in [2.75, 3.05) is 11.9 Å². The maximum absolute atomic E-state index is 13.3. The van der Waals surface area contributed by atoms with Gasteiger partial charge in [-0.1, -0.05) is 11.6 Å². The van der Waals surface area contributed by atoms with Gasteiger partial charge in [-0.15, -0.1) is 0 Å². The zero-order valence-corrected chi connectivity index (χ0v) is 22.2. The number of hydrogen-bond acceptors (Lipinski definition) is 5. The van der Waals surface area contributed by atoms with Crippen LogP contribution < -0.4 is 5.32 Å². The number of hydrogen-bond donors (Lipinski definition) is 1. The molecule has 2 heterocycles. The molecule has 7 rings (SSSR count). The van der Waals surface area contributed by atoms with Crippen LogP contribution in [0.25, 0.3) is 0 Å². The van der Waals surface area contributed by atoms with E-state index in [9.17, 15) is 26.4 Å². The number of rotatable bonds is 5. The number of alkyl halides is 3. The van der Waals surface area contributed by atoms with Crippen molar-refractivity contribution < 1.29 is 26.4 Å². The third-order valence-corrected chi connectivity index (χ3v) is 11.1. The smallest absolute Gasteiger partial charge is 0.310 e. The molecule has 0 unspecified atom stereocenters. The summed E-state index contributed by atoms with van der Waals surface area (Å²) in [6, 6.07) is 2.25. The molecule has 7 nitrogen and oxygen atoms in total. The van der Waals surface area contributed by atoms with Gasteiger partial charge in [0.25, 0.3) is 0 Å². The Balaban J connectivity index is 1.19. The number of carbonyl (C=O) groups is 1. The molecule has 4 saturated carbocycles. The molecule has 1 aliphatic heterocycles. The number of sulfonamides is 1. The Morgan fingerprint density at radius 2 is 1.76 bits per heavy atom. The molecule has 0 radical (unpaired) electrons. The van der Waals surface area contributed by atoms with Crippen LogP contribution in [0.2, 0.25) is 5.02 Å². The number of carbonyl (C=O) groups excluding carboxylic acids is 1. The molecule has 4 aliphatic carbocycles. The highest BCUT2D eigenvalue weighted by molar-refractivity contribution is 7.89. The fourth-order valence-corrected chi connectivity index (χ4v) is 9.59. The second kappa shape index (κ2) is 9.16. The van der Waals surface area contributed by atoms with Crippen LogP contribution in [0.3, 0.4) is 0 Å². The molecule has 12 heteroatoms. The van der Waals surface area contributed by atoms with Crippen molar-refractivity contribution in [2.24, 2.45) is 23.2 Å². The molecule has 1 aromatic heterocycles. The Kier molecular flexibility index (Phi) is 6.27. The summed E-state index contributed by atoms with van der Waals surface area (Å²) >= 11 is 6.01. The summed E-state index contributed by atoms with van der Waals surface area (Å²) in [6.07, 6.45) is 4.45. The molecule has 1 N–H and O–H groups in total. The normalized spacial score (nSPS) is 28.8. The first-order valence-electron chi connectivity index (χ1n) is 12.9. The van der Waals surface area contributed by atoms with E-state index in [2.05, 4.69) is 15.3 Å². The third-order valence-electron chi connectivity index (χ3n) is 8.81. The number of fused-ring (bicyclic) bond motifs is 1. The predicted octanol–water partition coefficient (Wildman–Crippen LogP) is 5.44. The number of amides is 1. The van der Waals surface area contributed by atoms with Crippen LogP contribution in [-0.2, 0) is 34.0 Å². The van der Waals surface area contributed by atoms with Gasteiger partial charge in [0.2, 0.25) is 15.9 Å². The Labute approximate surface area is 224 Å². The van der Waals surface area contributed by atoms with E-state index in [0.717, 1.165) is 53.5 Å². The van der Waals surface area contributed by atoms with Crippen molar-refractivity contribution in [3.05, 3.63) is 46.4 Å². The lowest BCUT2D eigenvalue weighted by Gasteiger charge is -2.56. The molecule has 2 aromatic rings. The van der Waals surface area contributed by atoms with Crippen LogP contribution >= 0.6 is 11.6 Å². The second-order valence-electron chi connectivity index (χ2n) is 11.5. The van der Waals surface area contributed by atoms with E-state index in [1.165, 1.54) is 25.6 Å². The van der Waals surface area contributed by atoms with Crippen LogP contribution in [0.15, 0.2) is 29.4 Å². The lowest BCUT2D eigenvalue weighted by molar-refractivity contribution is -0.137. The van der Waals surface area contributed by atoms with Crippen LogP contribution in [-0.4, -0.2) is 35.1 Å². The zero-order chi connectivity index (χ0) is 26.9. The van der Waals surface area contributed by atoms with Gasteiger partial charge in [0, 0.05) is 18.5 Å². The molecule has 1 aromatic carbocycles. The first kappa shape index (κ1) is 26.0. The molecule has 0 spiro atoms. The number of nitrogens with zero attached hydrogens (tertiary/aromatic N) is 3. The maximum atomic E-state index is 13.3. The summed E-state index contributed by atoms with van der Waals surface area (Å²) in [7, 11) is -4.33. The Hall–Kier alpha value is -2.24. The van der Waals surface area contributed by atoms with Crippen molar-refractivity contribution in [2.45, 2.75) is 69.0 Å². The van der Waals surface area contributed by atoms with E-state index in [4.69, 9.17) is 11.6 Å². The Morgan fingerprint density at radius 3 is 2.39 bits per heavy atom. The van der Waals surface area contributed by atoms with Crippen molar-refractivity contribution in [3.63, 3.8) is 0 Å². The molecule has 0 atom stereocenters. The predicted molar refractivity (Wildman–Crippen MR) is 134 cm³/mol. The fraction of sp³-hybridized carbons (Fsp3) is 0.577. The second-order valence-corrected chi connectivity index (χ2v) is 13.8. The molecular weight excluding hydrogens is 541 g/mol. The van der Waals surface area contributed by atoms with E-state index in [0.29, 0.717) is 29.6 Å². The van der Waals surface area contributed by atoms with Gasteiger partial charge in [-0.3, -0.25) is 4.79 Å². The molecule has 0 saturated heterocycles. The van der Waals surface area contributed by atoms with Crippen molar-refractivity contribution in [1.29, 1.82) is 0 Å². The van der Waals surface area contributed by atoms with Crippen LogP contribution in [0.5, 0.6) is 0 Å². The minimum absolute atomic E-state index is 0.00682. The highest BCUT2D eigenvalue weighted by Crippen LogP contribution is 2.61. The molecule has 1 amide bonds. The lowest BCUT2D eigenvalue weighted by atomic mass is 9.49. The van der Waals surface area contributed by atoms with E-state index in [1.807, 2.05) is 0 Å². The van der Waals surface area contributed by atoms with Crippen LogP contribution in [0, 0.1) is 23.2 Å². The van der Waals surface area contributed by atoms with E-state index in [1.54, 1.807) is 0 Å². The van der Waals surface area contributed by atoms with Gasteiger partial charge < -0.3 is 5.32 Å². The van der Waals surface area contributed by atoms with Crippen molar-refractivity contribution in [1.82, 2.24) is 14.3 Å². The molecule has 204 valence electrons. The van der Waals surface area contributed by atoms with Gasteiger partial charge in [-0.2, -0.15) is 17.5 Å². The Morgan fingerprint density at radius 1 is 1.11 bits per heavy atom. The number of nitrogens with one attached hydrogen (secondary N) is 1. The highest BCUT2D eigenvalue weighted by Gasteiger charge is 2.51. The number of halogens is 4. The topological polar surface area (TPSA) is 92.3 Å². The minimum Gasteiger partial charge on any atom is -0.310 e. The van der Waals surface area contributed by atoms with E-state index >= 15 is 0 Å². The summed E-state index contributed by atoms with van der Waals surface area (Å²) in [6.45, 7) is -0.169. The van der Waals surface area contributed by atoms with E-state index in [-0.39, 0.29) is 35.9 Å². The average molecular weight is 569 g/mol. The lowest BCUT2D eigenvalue weighted by Crippen LogP contribution is -2.47. The van der Waals surface area contributed by atoms with Gasteiger partial charge >= 0.3 is 6.18 Å². The standard InChI is InChI=1S/C26H28ClF3N4O3S/c27-20-2-1-18(26(28,29)30)8-22(20)38(36,37)34-4-3-19-21(13-34)31-14-32-24(19)33-23(35)12-25-9-15-5-16(10-25)7-17(6-15)11-25/h1-2,8,14-17H,3-7,9-13H2,(H,31,32,33,35). The average Bonchev–Trinajstić information content (AvgIpc) is 2.82. The summed E-state index contributed by atoms with van der Waals surface area (Å²) < 4.78 is 67.2. The zero-order valence-electron chi connectivity index (χ0n) is 20.6. The van der Waals surface area contributed by atoms with Gasteiger partial charge in [-0.05, 0) is 86.3 Å². The SMILES string of the molecule is O=C(CC12CC3CC(CC(C3)C1)C2)Nc1ncnc2c1CCN(S(=O)(=O)c1cc(C(F)(F)F)ccc1Cl)C2. The molecule has 38 heavy (non-hydrogen) atoms. The maximum Gasteiger partial charge on any atom is 0.416 e. The van der Waals surface area contributed by atoms with Gasteiger partial charge in [-0.25, -0.2) is 18.4 Å². The fourth-order valence-electron chi connectivity index (χ4n) is 7.68. The largest absolute Gasteiger partial charge is 0.416 e. The van der Waals surface area contributed by atoms with Crippen LogP contribution in [0.1, 0.15) is 61.8 Å². The van der Waals surface area contributed by atoms with Gasteiger partial charge in [0.1, 0.15) is 17.0 Å². The summed E-state index contributed by atoms with van der Waals surface area (Å²) in [5, 5.41) is 2.67. The van der Waals surface area contributed by atoms with E-state index < -0.39 is 26.7 Å². The number of anilines is 1. The highest BCUT2D eigenvalue weighted by atomic mass is 35.5. The number of aromatic nitrogens is 2. The van der Waals surface area contributed by atoms with Gasteiger partial charge in [0.15, 0.2) is 0 Å². The quantitative estimate of drug-likeness (QED) is 0.518. The number of benzene rings is 1. The minimum atomic E-state index is -4.71. The summed E-state index contributed by atoms with van der Waals surface area (Å²) in [5.41, 5.74) is 0.0290. The first-order valence-corrected chi connectivity index (χ1v) is 14.7. The molecule has 5 aliphatic rings. The van der Waals surface area contributed by atoms with Crippen LogP contribution in [0.4, 0.5) is 19.0 Å². The molecule has 4 fully saturated rings. The third kappa shape index (κ3) is 4.70. The monoisotopic (exact) mass is 568 g/mol. The molecule has 4 bridgehead atoms. The Bertz CT molecular complexity index is 1360. The summed E-state index contributed by atoms with van der Waals surface area (Å²) in [5.74, 6) is 2.50. The van der Waals surface area contributed by atoms with Gasteiger partial charge in [0.05, 0.1) is 22.8 Å². The van der Waals surface area contributed by atoms with Crippen molar-refractivity contribution in [3.8, 4) is 0 Å². The van der Waals surface area contributed by atoms with Crippen molar-refractivity contribution >= 4 is 33.3 Å². The summed E-state index contributed by atoms with van der Waals surface area (Å²) in [4.78, 5) is 21.0.